The van der Waals surface area contributed by atoms with E-state index >= 15 is 0 Å². The molecule has 0 bridgehead atoms. The lowest BCUT2D eigenvalue weighted by Gasteiger charge is -2.09. The average molecular weight is 506 g/mol. The van der Waals surface area contributed by atoms with Gasteiger partial charge in [0.15, 0.2) is 0 Å². The normalized spacial score (nSPS) is 10.9. The average Bonchev–Trinajstić information content (AvgIpc) is 2.70. The highest BCUT2D eigenvalue weighted by Gasteiger charge is 2.06. The number of nitrogens with zero attached hydrogens (tertiary/aromatic N) is 1. The molecule has 0 radical (unpaired) electrons. The number of carbonyl (C=O) groups is 1. The third kappa shape index (κ3) is 6.35. The Kier molecular flexibility index (Phi) is 7.29. The number of hydrogen-bond acceptors (Lipinski definition) is 3. The van der Waals surface area contributed by atoms with Crippen molar-refractivity contribution in [1.82, 2.24) is 5.43 Å². The largest absolute Gasteiger partial charge is 0.488 e. The first-order chi connectivity index (χ1) is 14.0. The molecule has 0 aliphatic rings. The van der Waals surface area contributed by atoms with Gasteiger partial charge in [-0.3, -0.25) is 4.79 Å². The third-order valence-corrected chi connectivity index (χ3v) is 4.82. The van der Waals surface area contributed by atoms with Gasteiger partial charge in [-0.15, -0.1) is 0 Å². The number of halogens is 3. The molecule has 1 N–H and O–H groups in total. The van der Waals surface area contributed by atoms with E-state index in [4.69, 9.17) is 4.74 Å². The minimum absolute atomic E-state index is 0.109. The maximum Gasteiger partial charge on any atom is 0.244 e. The second kappa shape index (κ2) is 10.1. The van der Waals surface area contributed by atoms with Gasteiger partial charge < -0.3 is 4.74 Å². The first kappa shape index (κ1) is 20.9. The van der Waals surface area contributed by atoms with Crippen molar-refractivity contribution in [2.75, 3.05) is 0 Å². The molecule has 3 rings (SSSR count). The predicted molar refractivity (Wildman–Crippen MR) is 116 cm³/mol. The van der Waals surface area contributed by atoms with E-state index in [1.54, 1.807) is 42.5 Å². The van der Waals surface area contributed by atoms with E-state index in [0.717, 1.165) is 9.13 Å². The van der Waals surface area contributed by atoms with Crippen molar-refractivity contribution in [1.29, 1.82) is 0 Å². The van der Waals surface area contributed by atoms with E-state index in [-0.39, 0.29) is 30.6 Å². The molecular formula is C22H17F2IN2O2. The van der Waals surface area contributed by atoms with Crippen molar-refractivity contribution in [3.63, 3.8) is 0 Å². The van der Waals surface area contributed by atoms with Gasteiger partial charge in [0.25, 0.3) is 0 Å². The fraction of sp³-hybridized carbons (Fsp3) is 0.0909. The van der Waals surface area contributed by atoms with Crippen molar-refractivity contribution in [3.8, 4) is 5.75 Å². The van der Waals surface area contributed by atoms with E-state index in [9.17, 15) is 13.6 Å². The topological polar surface area (TPSA) is 50.7 Å². The van der Waals surface area contributed by atoms with Crippen LogP contribution in [0.5, 0.6) is 5.75 Å². The highest BCUT2D eigenvalue weighted by molar-refractivity contribution is 14.1. The fourth-order valence-corrected chi connectivity index (χ4v) is 3.19. The number of benzene rings is 3. The monoisotopic (exact) mass is 506 g/mol. The summed E-state index contributed by atoms with van der Waals surface area (Å²) < 4.78 is 33.1. The zero-order valence-electron chi connectivity index (χ0n) is 15.2. The van der Waals surface area contributed by atoms with Crippen molar-refractivity contribution in [2.24, 2.45) is 5.10 Å². The lowest BCUT2D eigenvalue weighted by atomic mass is 10.1. The van der Waals surface area contributed by atoms with Crippen LogP contribution in [0.25, 0.3) is 0 Å². The molecule has 0 saturated carbocycles. The van der Waals surface area contributed by atoms with Crippen LogP contribution in [0.1, 0.15) is 16.7 Å². The molecule has 0 heterocycles. The molecular weight excluding hydrogens is 489 g/mol. The molecule has 0 saturated heterocycles. The zero-order valence-corrected chi connectivity index (χ0v) is 17.4. The van der Waals surface area contributed by atoms with E-state index in [1.807, 2.05) is 6.07 Å². The Bertz CT molecular complexity index is 1020. The Morgan fingerprint density at radius 2 is 1.83 bits per heavy atom. The Morgan fingerprint density at radius 1 is 1.07 bits per heavy atom. The first-order valence-corrected chi connectivity index (χ1v) is 9.81. The summed E-state index contributed by atoms with van der Waals surface area (Å²) in [4.78, 5) is 11.9. The van der Waals surface area contributed by atoms with Crippen LogP contribution in [0, 0.1) is 15.2 Å². The molecule has 0 aliphatic carbocycles. The fourth-order valence-electron chi connectivity index (χ4n) is 2.49. The molecule has 0 unspecified atom stereocenters. The van der Waals surface area contributed by atoms with Crippen LogP contribution in [0.2, 0.25) is 0 Å². The maximum atomic E-state index is 13.7. The van der Waals surface area contributed by atoms with Crippen LogP contribution >= 0.6 is 22.6 Å². The number of hydrogen-bond donors (Lipinski definition) is 1. The molecule has 29 heavy (non-hydrogen) atoms. The van der Waals surface area contributed by atoms with E-state index in [1.165, 1.54) is 24.4 Å². The summed E-state index contributed by atoms with van der Waals surface area (Å²) in [5.74, 6) is -0.315. The molecule has 0 atom stereocenters. The van der Waals surface area contributed by atoms with Gasteiger partial charge in [0, 0.05) is 5.56 Å². The van der Waals surface area contributed by atoms with Gasteiger partial charge >= 0.3 is 0 Å². The minimum atomic E-state index is -0.344. The van der Waals surface area contributed by atoms with Gasteiger partial charge in [-0.05, 0) is 70.1 Å². The highest BCUT2D eigenvalue weighted by Crippen LogP contribution is 2.23. The predicted octanol–water partition coefficient (Wildman–Crippen LogP) is 4.84. The number of amides is 1. The summed E-state index contributed by atoms with van der Waals surface area (Å²) in [5, 5.41) is 3.94. The molecule has 7 heteroatoms. The van der Waals surface area contributed by atoms with Gasteiger partial charge in [-0.2, -0.15) is 5.10 Å². The number of ether oxygens (including phenoxy) is 1. The van der Waals surface area contributed by atoms with Gasteiger partial charge in [0.05, 0.1) is 16.2 Å². The van der Waals surface area contributed by atoms with Gasteiger partial charge in [0.1, 0.15) is 24.0 Å². The number of rotatable bonds is 7. The summed E-state index contributed by atoms with van der Waals surface area (Å²) in [6, 6.07) is 17.6. The van der Waals surface area contributed by atoms with Crippen molar-refractivity contribution >= 4 is 34.7 Å². The number of carbonyl (C=O) groups excluding carboxylic acids is 1. The van der Waals surface area contributed by atoms with Gasteiger partial charge in [-0.25, -0.2) is 14.2 Å². The zero-order chi connectivity index (χ0) is 20.6. The summed E-state index contributed by atoms with van der Waals surface area (Å²) in [7, 11) is 0. The summed E-state index contributed by atoms with van der Waals surface area (Å²) >= 11 is 2.12. The molecule has 0 aliphatic heterocycles. The molecule has 3 aromatic rings. The standard InChI is InChI=1S/C22H17F2IN2O2/c23-18-8-5-15(6-9-18)12-22(28)27-26-13-16-7-10-21(20(25)11-16)29-14-17-3-1-2-4-19(17)24/h1-11,13H,12,14H2,(H,27,28)/b26-13+. The van der Waals surface area contributed by atoms with Crippen LogP contribution in [-0.4, -0.2) is 12.1 Å². The molecule has 1 amide bonds. The van der Waals surface area contributed by atoms with E-state index in [2.05, 4.69) is 33.1 Å². The van der Waals surface area contributed by atoms with Crippen molar-refractivity contribution in [2.45, 2.75) is 13.0 Å². The molecule has 0 spiro atoms. The molecule has 148 valence electrons. The van der Waals surface area contributed by atoms with Crippen LogP contribution < -0.4 is 10.2 Å². The number of hydrazone groups is 1. The SMILES string of the molecule is O=C(Cc1ccc(F)cc1)N/N=C/c1ccc(OCc2ccccc2F)c(I)c1. The highest BCUT2D eigenvalue weighted by atomic mass is 127. The summed E-state index contributed by atoms with van der Waals surface area (Å²) in [5.41, 5.74) is 4.40. The van der Waals surface area contributed by atoms with Crippen molar-refractivity contribution in [3.05, 3.63) is 98.6 Å². The van der Waals surface area contributed by atoms with Crippen molar-refractivity contribution < 1.29 is 18.3 Å². The Morgan fingerprint density at radius 3 is 2.55 bits per heavy atom. The lowest BCUT2D eigenvalue weighted by Crippen LogP contribution is -2.19. The summed E-state index contributed by atoms with van der Waals surface area (Å²) in [6.07, 6.45) is 1.63. The maximum absolute atomic E-state index is 13.7. The van der Waals surface area contributed by atoms with Gasteiger partial charge in [0.2, 0.25) is 5.91 Å². The quantitative estimate of drug-likeness (QED) is 0.283. The second-order valence-electron chi connectivity index (χ2n) is 6.17. The Labute approximate surface area is 180 Å². The van der Waals surface area contributed by atoms with Gasteiger partial charge in [-0.1, -0.05) is 30.3 Å². The minimum Gasteiger partial charge on any atom is -0.488 e. The van der Waals surface area contributed by atoms with E-state index in [0.29, 0.717) is 16.9 Å². The Balaban J connectivity index is 1.53. The second-order valence-corrected chi connectivity index (χ2v) is 7.33. The molecule has 0 fully saturated rings. The molecule has 3 aromatic carbocycles. The first-order valence-electron chi connectivity index (χ1n) is 8.73. The van der Waals surface area contributed by atoms with Crippen LogP contribution in [-0.2, 0) is 17.8 Å². The van der Waals surface area contributed by atoms with E-state index < -0.39 is 0 Å². The Hall–Kier alpha value is -2.81. The van der Waals surface area contributed by atoms with Crippen LogP contribution in [0.3, 0.4) is 0 Å². The molecule has 4 nitrogen and oxygen atoms in total. The molecule has 0 aromatic heterocycles. The third-order valence-electron chi connectivity index (χ3n) is 3.98. The van der Waals surface area contributed by atoms with Crippen LogP contribution in [0.4, 0.5) is 8.78 Å². The lowest BCUT2D eigenvalue weighted by molar-refractivity contribution is -0.120. The smallest absolute Gasteiger partial charge is 0.244 e. The number of nitrogens with one attached hydrogen (secondary N) is 1. The summed E-state index contributed by atoms with van der Waals surface area (Å²) in [6.45, 7) is 0.134. The van der Waals surface area contributed by atoms with Crippen LogP contribution in [0.15, 0.2) is 71.8 Å².